The van der Waals surface area contributed by atoms with Crippen LogP contribution in [0.4, 0.5) is 0 Å². The van der Waals surface area contributed by atoms with Gasteiger partial charge in [0.05, 0.1) is 21.7 Å². The first-order valence-corrected chi connectivity index (χ1v) is 11.9. The molecule has 0 saturated carbocycles. The van der Waals surface area contributed by atoms with E-state index in [-0.39, 0.29) is 0 Å². The van der Waals surface area contributed by atoms with Crippen LogP contribution < -0.4 is 0 Å². The van der Waals surface area contributed by atoms with Crippen molar-refractivity contribution >= 4 is 55.0 Å². The first kappa shape index (κ1) is 19.4. The van der Waals surface area contributed by atoms with Gasteiger partial charge in [0.15, 0.2) is 0 Å². The average Bonchev–Trinajstić information content (AvgIpc) is 3.24. The Morgan fingerprint density at radius 2 is 1.03 bits per heavy atom. The van der Waals surface area contributed by atoms with Crippen molar-refractivity contribution in [3.8, 4) is 16.8 Å². The van der Waals surface area contributed by atoms with Gasteiger partial charge < -0.3 is 4.57 Å². The zero-order valence-electron chi connectivity index (χ0n) is 18.4. The van der Waals surface area contributed by atoms with Crippen LogP contribution in [0.15, 0.2) is 121 Å². The number of nitrogens with zero attached hydrogens (tertiary/aromatic N) is 1. The highest BCUT2D eigenvalue weighted by atomic mass is 35.5. The summed E-state index contributed by atoms with van der Waals surface area (Å²) in [5, 5.41) is 8.29. The van der Waals surface area contributed by atoms with Gasteiger partial charge in [-0.25, -0.2) is 0 Å². The minimum atomic E-state index is 0.737. The third-order valence-electron chi connectivity index (χ3n) is 6.84. The molecule has 0 fully saturated rings. The van der Waals surface area contributed by atoms with E-state index in [9.17, 15) is 0 Å². The summed E-state index contributed by atoms with van der Waals surface area (Å²) in [6.07, 6.45) is 0. The number of benzene rings is 6. The van der Waals surface area contributed by atoms with Crippen molar-refractivity contribution in [2.75, 3.05) is 0 Å². The first-order valence-electron chi connectivity index (χ1n) is 11.5. The molecule has 1 nitrogen and oxygen atoms in total. The van der Waals surface area contributed by atoms with Gasteiger partial charge in [-0.3, -0.25) is 0 Å². The lowest BCUT2D eigenvalue weighted by molar-refractivity contribution is 1.18. The van der Waals surface area contributed by atoms with Crippen LogP contribution in [0.2, 0.25) is 5.02 Å². The zero-order chi connectivity index (χ0) is 22.6. The van der Waals surface area contributed by atoms with Crippen LogP contribution in [-0.4, -0.2) is 4.57 Å². The second-order valence-corrected chi connectivity index (χ2v) is 9.14. The van der Waals surface area contributed by atoms with Crippen molar-refractivity contribution in [3.05, 3.63) is 126 Å². The molecule has 0 atom stereocenters. The maximum Gasteiger partial charge on any atom is 0.0652 e. The van der Waals surface area contributed by atoms with E-state index in [1.54, 1.807) is 0 Å². The van der Waals surface area contributed by atoms with E-state index >= 15 is 0 Å². The van der Waals surface area contributed by atoms with Crippen molar-refractivity contribution in [1.29, 1.82) is 0 Å². The van der Waals surface area contributed by atoms with Crippen molar-refractivity contribution in [2.45, 2.75) is 0 Å². The molecule has 0 bridgehead atoms. The lowest BCUT2D eigenvalue weighted by Gasteiger charge is -2.12. The molecule has 6 aromatic carbocycles. The number of hydrogen-bond donors (Lipinski definition) is 0. The van der Waals surface area contributed by atoms with Gasteiger partial charge in [0.1, 0.15) is 0 Å². The smallest absolute Gasteiger partial charge is 0.0652 e. The van der Waals surface area contributed by atoms with Gasteiger partial charge in [0.2, 0.25) is 0 Å². The van der Waals surface area contributed by atoms with Gasteiger partial charge in [-0.1, -0.05) is 109 Å². The Labute approximate surface area is 202 Å². The predicted molar refractivity (Wildman–Crippen MR) is 146 cm³/mol. The fourth-order valence-corrected chi connectivity index (χ4v) is 5.57. The van der Waals surface area contributed by atoms with E-state index in [1.807, 2.05) is 6.07 Å². The van der Waals surface area contributed by atoms with Crippen molar-refractivity contribution < 1.29 is 0 Å². The summed E-state index contributed by atoms with van der Waals surface area (Å²) >= 11 is 6.99. The summed E-state index contributed by atoms with van der Waals surface area (Å²) in [6, 6.07) is 42.9. The quantitative estimate of drug-likeness (QED) is 0.245. The second kappa shape index (κ2) is 7.48. The number of rotatable bonds is 2. The molecule has 0 spiro atoms. The fourth-order valence-electron chi connectivity index (χ4n) is 5.31. The van der Waals surface area contributed by atoms with E-state index < -0.39 is 0 Å². The molecule has 1 aromatic heterocycles. The van der Waals surface area contributed by atoms with E-state index in [0.29, 0.717) is 0 Å². The van der Waals surface area contributed by atoms with Crippen LogP contribution in [-0.2, 0) is 0 Å². The molecule has 0 amide bonds. The molecule has 0 unspecified atom stereocenters. The molecule has 0 saturated heterocycles. The molecular weight excluding hydrogens is 434 g/mol. The highest BCUT2D eigenvalue weighted by Gasteiger charge is 2.18. The van der Waals surface area contributed by atoms with Gasteiger partial charge in [0, 0.05) is 10.8 Å². The van der Waals surface area contributed by atoms with Gasteiger partial charge >= 0.3 is 0 Å². The Kier molecular flexibility index (Phi) is 4.27. The van der Waals surface area contributed by atoms with E-state index in [2.05, 4.69) is 120 Å². The van der Waals surface area contributed by atoms with Gasteiger partial charge in [-0.15, -0.1) is 0 Å². The lowest BCUT2D eigenvalue weighted by Crippen LogP contribution is -1.95. The van der Waals surface area contributed by atoms with Crippen molar-refractivity contribution in [1.82, 2.24) is 4.57 Å². The van der Waals surface area contributed by atoms with Gasteiger partial charge in [-0.2, -0.15) is 0 Å². The van der Waals surface area contributed by atoms with E-state index in [1.165, 1.54) is 43.4 Å². The largest absolute Gasteiger partial charge is 0.308 e. The molecule has 0 aliphatic heterocycles. The van der Waals surface area contributed by atoms with Crippen molar-refractivity contribution in [3.63, 3.8) is 0 Å². The summed E-state index contributed by atoms with van der Waals surface area (Å²) in [5.41, 5.74) is 5.60. The standard InChI is InChI=1S/C32H20ClN/c33-27-20-24(21-8-2-1-3-9-21)16-17-28(27)34-29-18-14-22-10-4-6-12-25(22)31(29)32-26-13-7-5-11-23(26)15-19-30(32)34/h1-20H. The summed E-state index contributed by atoms with van der Waals surface area (Å²) in [7, 11) is 0. The topological polar surface area (TPSA) is 4.93 Å². The fraction of sp³-hybridized carbons (Fsp3) is 0. The molecule has 2 heteroatoms. The number of aromatic nitrogens is 1. The average molecular weight is 454 g/mol. The molecule has 160 valence electrons. The normalized spacial score (nSPS) is 11.7. The second-order valence-electron chi connectivity index (χ2n) is 8.73. The van der Waals surface area contributed by atoms with Crippen LogP contribution >= 0.6 is 11.6 Å². The SMILES string of the molecule is Clc1cc(-c2ccccc2)ccc1-n1c2ccc3ccccc3c2c2c3ccccc3ccc21. The number of hydrogen-bond acceptors (Lipinski definition) is 0. The van der Waals surface area contributed by atoms with Gasteiger partial charge in [-0.05, 0) is 56.9 Å². The number of halogens is 1. The highest BCUT2D eigenvalue weighted by molar-refractivity contribution is 6.34. The predicted octanol–water partition coefficient (Wildman–Crippen LogP) is 9.41. The molecule has 0 radical (unpaired) electrons. The maximum atomic E-state index is 6.99. The lowest BCUT2D eigenvalue weighted by atomic mass is 10.00. The third-order valence-corrected chi connectivity index (χ3v) is 7.14. The molecule has 7 aromatic rings. The Bertz CT molecular complexity index is 1770. The molecule has 0 N–H and O–H groups in total. The minimum absolute atomic E-state index is 0.737. The van der Waals surface area contributed by atoms with E-state index in [4.69, 9.17) is 11.6 Å². The highest BCUT2D eigenvalue weighted by Crippen LogP contribution is 2.41. The molecule has 7 rings (SSSR count). The molecular formula is C32H20ClN. The summed E-state index contributed by atoms with van der Waals surface area (Å²) < 4.78 is 2.32. The van der Waals surface area contributed by atoms with Crippen LogP contribution in [0, 0.1) is 0 Å². The summed E-state index contributed by atoms with van der Waals surface area (Å²) in [4.78, 5) is 0. The molecule has 0 aliphatic rings. The van der Waals surface area contributed by atoms with Crippen LogP contribution in [0.3, 0.4) is 0 Å². The monoisotopic (exact) mass is 453 g/mol. The summed E-state index contributed by atoms with van der Waals surface area (Å²) in [5.74, 6) is 0. The zero-order valence-corrected chi connectivity index (χ0v) is 19.1. The third kappa shape index (κ3) is 2.81. The molecule has 1 heterocycles. The summed E-state index contributed by atoms with van der Waals surface area (Å²) in [6.45, 7) is 0. The van der Waals surface area contributed by atoms with E-state index in [0.717, 1.165) is 21.8 Å². The minimum Gasteiger partial charge on any atom is -0.308 e. The molecule has 34 heavy (non-hydrogen) atoms. The molecule has 0 aliphatic carbocycles. The number of fused-ring (bicyclic) bond motifs is 7. The van der Waals surface area contributed by atoms with Crippen LogP contribution in [0.1, 0.15) is 0 Å². The van der Waals surface area contributed by atoms with Crippen LogP contribution in [0.5, 0.6) is 0 Å². The Morgan fingerprint density at radius 3 is 1.62 bits per heavy atom. The van der Waals surface area contributed by atoms with Crippen molar-refractivity contribution in [2.24, 2.45) is 0 Å². The first-order chi connectivity index (χ1) is 16.8. The Morgan fingerprint density at radius 1 is 0.471 bits per heavy atom. The van der Waals surface area contributed by atoms with Crippen LogP contribution in [0.25, 0.3) is 60.2 Å². The van der Waals surface area contributed by atoms with Gasteiger partial charge in [0.25, 0.3) is 0 Å². The Balaban J connectivity index is 1.62. The maximum absolute atomic E-state index is 6.99. The Hall–Kier alpha value is -4.07.